The Morgan fingerprint density at radius 1 is 1.07 bits per heavy atom. The van der Waals surface area contributed by atoms with Gasteiger partial charge in [-0.1, -0.05) is 24.3 Å². The van der Waals surface area contributed by atoms with Crippen LogP contribution in [0, 0.1) is 11.3 Å². The van der Waals surface area contributed by atoms with Crippen molar-refractivity contribution >= 4 is 17.2 Å². The number of pyridine rings is 1. The Morgan fingerprint density at radius 2 is 1.84 bits per heavy atom. The van der Waals surface area contributed by atoms with Crippen LogP contribution in [0.3, 0.4) is 0 Å². The number of carbonyl (C=O) groups is 1. The molecule has 4 aromatic rings. The van der Waals surface area contributed by atoms with Gasteiger partial charge in [0.15, 0.2) is 0 Å². The number of piperazine rings is 1. The zero-order valence-corrected chi connectivity index (χ0v) is 25.5. The summed E-state index contributed by atoms with van der Waals surface area (Å²) in [4.78, 5) is 28.9. The number of anilines is 1. The second-order valence-corrected chi connectivity index (χ2v) is 10.7. The number of nitriles is 1. The van der Waals surface area contributed by atoms with Gasteiger partial charge in [0.2, 0.25) is 5.91 Å². The molecule has 226 valence electrons. The smallest absolute Gasteiger partial charge is 0.244 e. The largest absolute Gasteiger partial charge is 0.353 e. The van der Waals surface area contributed by atoms with Crippen molar-refractivity contribution in [1.29, 1.82) is 5.26 Å². The fourth-order valence-corrected chi connectivity index (χ4v) is 5.33. The standard InChI is InChI=1S/C32H35FN10O/c1-6-8-9-25(26(33)7-2)31(39(3)4)32(44)42-14-12-41(13-15-42)28-11-10-22(17-35-28)29-30-23(16-34)18-37-43(30)21-27(38-29)24-19-36-40(5)20-24/h6-11,17-21,31H,12-15H2,1-5H3/b8-6+,25-9+,26-7+. The molecule has 0 spiro atoms. The molecule has 1 aliphatic rings. The minimum absolute atomic E-state index is 0.136. The van der Waals surface area contributed by atoms with E-state index in [0.717, 1.165) is 16.9 Å². The summed E-state index contributed by atoms with van der Waals surface area (Å²) in [6.45, 7) is 5.61. The third-order valence-electron chi connectivity index (χ3n) is 7.60. The predicted molar refractivity (Wildman–Crippen MR) is 167 cm³/mol. The lowest BCUT2D eigenvalue weighted by Crippen LogP contribution is -2.54. The molecule has 11 nitrogen and oxygen atoms in total. The van der Waals surface area contributed by atoms with Gasteiger partial charge in [-0.3, -0.25) is 14.4 Å². The molecule has 0 bridgehead atoms. The lowest BCUT2D eigenvalue weighted by atomic mass is 10.0. The van der Waals surface area contributed by atoms with Crippen LogP contribution < -0.4 is 4.90 Å². The predicted octanol–water partition coefficient (Wildman–Crippen LogP) is 4.02. The van der Waals surface area contributed by atoms with Gasteiger partial charge in [-0.15, -0.1) is 0 Å². The van der Waals surface area contributed by atoms with Crippen LogP contribution in [0.2, 0.25) is 0 Å². The van der Waals surface area contributed by atoms with E-state index in [1.807, 2.05) is 38.4 Å². The van der Waals surface area contributed by atoms with E-state index in [2.05, 4.69) is 21.2 Å². The Bertz CT molecular complexity index is 1780. The van der Waals surface area contributed by atoms with Crippen LogP contribution in [0.4, 0.5) is 10.2 Å². The number of carbonyl (C=O) groups excluding carboxylic acids is 1. The van der Waals surface area contributed by atoms with E-state index >= 15 is 0 Å². The van der Waals surface area contributed by atoms with Gasteiger partial charge in [-0.25, -0.2) is 18.9 Å². The summed E-state index contributed by atoms with van der Waals surface area (Å²) < 4.78 is 18.2. The highest BCUT2D eigenvalue weighted by atomic mass is 19.1. The molecule has 0 radical (unpaired) electrons. The van der Waals surface area contributed by atoms with Gasteiger partial charge in [0.1, 0.15) is 34.8 Å². The second kappa shape index (κ2) is 13.0. The maximum atomic E-state index is 14.8. The summed E-state index contributed by atoms with van der Waals surface area (Å²) in [7, 11) is 5.41. The summed E-state index contributed by atoms with van der Waals surface area (Å²) in [6.07, 6.45) is 15.3. The number of fused-ring (bicyclic) bond motifs is 1. The quantitative estimate of drug-likeness (QED) is 0.281. The molecule has 1 aliphatic heterocycles. The molecule has 12 heteroatoms. The van der Waals surface area contributed by atoms with Crippen molar-refractivity contribution in [3.8, 4) is 28.6 Å². The molecule has 1 unspecified atom stereocenters. The number of halogens is 1. The van der Waals surface area contributed by atoms with Crippen LogP contribution >= 0.6 is 0 Å². The third-order valence-corrected chi connectivity index (χ3v) is 7.60. The highest BCUT2D eigenvalue weighted by molar-refractivity contribution is 5.86. The summed E-state index contributed by atoms with van der Waals surface area (Å²) >= 11 is 0. The lowest BCUT2D eigenvalue weighted by Gasteiger charge is -2.38. The normalized spacial score (nSPS) is 15.4. The summed E-state index contributed by atoms with van der Waals surface area (Å²) in [5.41, 5.74) is 4.21. The highest BCUT2D eigenvalue weighted by Gasteiger charge is 2.33. The van der Waals surface area contributed by atoms with Gasteiger partial charge in [-0.05, 0) is 40.1 Å². The zero-order chi connectivity index (χ0) is 31.4. The van der Waals surface area contributed by atoms with Crippen LogP contribution in [0.1, 0.15) is 19.4 Å². The van der Waals surface area contributed by atoms with Crippen LogP contribution in [0.15, 0.2) is 78.8 Å². The zero-order valence-electron chi connectivity index (χ0n) is 25.5. The van der Waals surface area contributed by atoms with Crippen LogP contribution in [-0.4, -0.2) is 91.4 Å². The molecule has 44 heavy (non-hydrogen) atoms. The van der Waals surface area contributed by atoms with Crippen LogP contribution in [0.5, 0.6) is 0 Å². The number of aryl methyl sites for hydroxylation is 1. The van der Waals surface area contributed by atoms with Crippen molar-refractivity contribution < 1.29 is 9.18 Å². The van der Waals surface area contributed by atoms with E-state index in [1.165, 1.54) is 12.3 Å². The molecule has 1 atom stereocenters. The molecule has 5 heterocycles. The fourth-order valence-electron chi connectivity index (χ4n) is 5.33. The first-order chi connectivity index (χ1) is 21.2. The highest BCUT2D eigenvalue weighted by Crippen LogP contribution is 2.30. The molecule has 0 aromatic carbocycles. The molecule has 0 saturated carbocycles. The second-order valence-electron chi connectivity index (χ2n) is 10.7. The Morgan fingerprint density at radius 3 is 2.43 bits per heavy atom. The van der Waals surface area contributed by atoms with Crippen molar-refractivity contribution in [2.75, 3.05) is 45.2 Å². The van der Waals surface area contributed by atoms with Gasteiger partial charge in [0.25, 0.3) is 0 Å². The molecule has 1 saturated heterocycles. The fraction of sp³-hybridized carbons (Fsp3) is 0.312. The number of allylic oxidation sites excluding steroid dienone is 4. The number of hydrogen-bond acceptors (Lipinski definition) is 8. The van der Waals surface area contributed by atoms with Crippen LogP contribution in [0.25, 0.3) is 28.0 Å². The Kier molecular flexibility index (Phi) is 8.96. The molecule has 0 aliphatic carbocycles. The average molecular weight is 595 g/mol. The number of amides is 1. The Hall–Kier alpha value is -5.15. The van der Waals surface area contributed by atoms with Crippen molar-refractivity contribution in [2.24, 2.45) is 7.05 Å². The number of hydrogen-bond donors (Lipinski definition) is 0. The number of aromatic nitrogens is 6. The van der Waals surface area contributed by atoms with Gasteiger partial charge < -0.3 is 9.80 Å². The van der Waals surface area contributed by atoms with E-state index in [1.54, 1.807) is 70.8 Å². The molecule has 5 rings (SSSR count). The van der Waals surface area contributed by atoms with E-state index in [-0.39, 0.29) is 5.91 Å². The Balaban J connectivity index is 1.36. The molecule has 1 fully saturated rings. The van der Waals surface area contributed by atoms with E-state index in [4.69, 9.17) is 9.97 Å². The number of rotatable bonds is 8. The van der Waals surface area contributed by atoms with Gasteiger partial charge in [0.05, 0.1) is 30.0 Å². The SMILES string of the molecule is C/C=C/C=C(\C(F)=C/C)C(C(=O)N1CCN(c2ccc(-c3nc(-c4cnn(C)c4)cn4ncc(C#N)c34)cn2)CC1)N(C)C. The van der Waals surface area contributed by atoms with Crippen molar-refractivity contribution in [1.82, 2.24) is 39.2 Å². The summed E-state index contributed by atoms with van der Waals surface area (Å²) in [5, 5.41) is 18.3. The van der Waals surface area contributed by atoms with Gasteiger partial charge >= 0.3 is 0 Å². The summed E-state index contributed by atoms with van der Waals surface area (Å²) in [5.74, 6) is 0.226. The molecule has 4 aromatic heterocycles. The first-order valence-electron chi connectivity index (χ1n) is 14.3. The molecular weight excluding hydrogens is 559 g/mol. The monoisotopic (exact) mass is 594 g/mol. The summed E-state index contributed by atoms with van der Waals surface area (Å²) in [6, 6.07) is 5.33. The molecular formula is C32H35FN10O. The minimum atomic E-state index is -0.736. The lowest BCUT2D eigenvalue weighted by molar-refractivity contribution is -0.135. The topological polar surface area (TPSA) is 111 Å². The first-order valence-corrected chi connectivity index (χ1v) is 14.3. The van der Waals surface area contributed by atoms with Crippen molar-refractivity contribution in [3.63, 3.8) is 0 Å². The van der Waals surface area contributed by atoms with Crippen LogP contribution in [-0.2, 0) is 11.8 Å². The first kappa shape index (κ1) is 30.3. The average Bonchev–Trinajstić information content (AvgIpc) is 3.68. The minimum Gasteiger partial charge on any atom is -0.353 e. The van der Waals surface area contributed by atoms with E-state index < -0.39 is 11.9 Å². The van der Waals surface area contributed by atoms with Gasteiger partial charge in [0, 0.05) is 62.3 Å². The van der Waals surface area contributed by atoms with Gasteiger partial charge in [-0.2, -0.15) is 15.5 Å². The number of nitrogens with zero attached hydrogens (tertiary/aromatic N) is 10. The Labute approximate surface area is 255 Å². The maximum absolute atomic E-state index is 14.8. The maximum Gasteiger partial charge on any atom is 0.244 e. The van der Waals surface area contributed by atoms with Crippen molar-refractivity contribution in [3.05, 3.63) is 84.4 Å². The third kappa shape index (κ3) is 6.00. The molecule has 0 N–H and O–H groups in total. The number of likely N-dealkylation sites (N-methyl/N-ethyl adjacent to an activating group) is 1. The van der Waals surface area contributed by atoms with E-state index in [9.17, 15) is 14.4 Å². The van der Waals surface area contributed by atoms with Crippen molar-refractivity contribution in [2.45, 2.75) is 19.9 Å². The molecule has 1 amide bonds. The van der Waals surface area contributed by atoms with E-state index in [0.29, 0.717) is 54.2 Å².